The lowest BCUT2D eigenvalue weighted by Crippen LogP contribution is -3.00. The van der Waals surface area contributed by atoms with E-state index in [0.29, 0.717) is 6.16 Å². The summed E-state index contributed by atoms with van der Waals surface area (Å²) in [4.78, 5) is 11.5. The third kappa shape index (κ3) is 4.40. The van der Waals surface area contributed by atoms with Gasteiger partial charge in [0.1, 0.15) is 23.2 Å². The molecule has 140 valence electrons. The molecule has 0 atom stereocenters. The Morgan fingerprint density at radius 3 is 1.81 bits per heavy atom. The first-order valence-electron chi connectivity index (χ1n) is 8.53. The van der Waals surface area contributed by atoms with Crippen molar-refractivity contribution >= 4 is 29.1 Å². The van der Waals surface area contributed by atoms with Gasteiger partial charge in [-0.05, 0) is 36.4 Å². The van der Waals surface area contributed by atoms with Gasteiger partial charge in [-0.15, -0.1) is 0 Å². The Hall–Kier alpha value is -2.16. The molecule has 5 heteroatoms. The second-order valence-electron chi connectivity index (χ2n) is 6.02. The van der Waals surface area contributed by atoms with Crippen LogP contribution in [0.2, 0.25) is 0 Å². The number of hydrogen-bond acceptors (Lipinski definition) is 2. The monoisotopic (exact) mass is 444 g/mol. The molecule has 0 unspecified atom stereocenters. The van der Waals surface area contributed by atoms with Crippen molar-refractivity contribution in [1.82, 2.24) is 0 Å². The Morgan fingerprint density at radius 2 is 1.33 bits per heavy atom. The number of carbonyl (C=O) groups is 1. The van der Waals surface area contributed by atoms with E-state index in [1.54, 1.807) is 7.11 Å². The molecule has 0 amide bonds. The van der Waals surface area contributed by atoms with Crippen LogP contribution in [0.25, 0.3) is 0 Å². The van der Waals surface area contributed by atoms with Crippen molar-refractivity contribution < 1.29 is 31.6 Å². The number of halogens is 1. The van der Waals surface area contributed by atoms with E-state index < -0.39 is 13.2 Å². The fraction of sp³-hybridized carbons (Fsp3) is 0.136. The third-order valence-electron chi connectivity index (χ3n) is 4.55. The van der Waals surface area contributed by atoms with E-state index in [1.807, 2.05) is 54.6 Å². The maximum atomic E-state index is 11.5. The van der Waals surface area contributed by atoms with Crippen LogP contribution in [0.3, 0.4) is 0 Å². The Bertz CT molecular complexity index is 829. The lowest BCUT2D eigenvalue weighted by Gasteiger charge is -2.28. The van der Waals surface area contributed by atoms with Crippen molar-refractivity contribution in [1.29, 1.82) is 0 Å². The van der Waals surface area contributed by atoms with Gasteiger partial charge in [0.2, 0.25) is 0 Å². The molecular formula is C22H22BrO3P. The topological polar surface area (TPSA) is 46.5 Å². The third-order valence-corrected chi connectivity index (χ3v) is 9.00. The van der Waals surface area contributed by atoms with Crippen LogP contribution in [-0.2, 0) is 4.79 Å². The molecule has 3 aromatic rings. The fourth-order valence-electron chi connectivity index (χ4n) is 3.38. The van der Waals surface area contributed by atoms with Gasteiger partial charge >= 0.3 is 5.97 Å². The summed E-state index contributed by atoms with van der Waals surface area (Å²) in [6, 6.07) is 28.5. The molecule has 0 aliphatic carbocycles. The zero-order valence-electron chi connectivity index (χ0n) is 15.1. The Balaban J connectivity index is 0.00000261. The van der Waals surface area contributed by atoms with Crippen LogP contribution in [0.1, 0.15) is 6.42 Å². The molecule has 0 saturated carbocycles. The van der Waals surface area contributed by atoms with Gasteiger partial charge in [-0.1, -0.05) is 48.5 Å². The van der Waals surface area contributed by atoms with Crippen LogP contribution < -0.4 is 37.6 Å². The van der Waals surface area contributed by atoms with E-state index in [-0.39, 0.29) is 23.4 Å². The van der Waals surface area contributed by atoms with E-state index in [4.69, 9.17) is 4.74 Å². The quantitative estimate of drug-likeness (QED) is 0.538. The molecule has 1 N–H and O–H groups in total. The average Bonchev–Trinajstić information content (AvgIpc) is 2.70. The maximum Gasteiger partial charge on any atom is 0.307 e. The number of ether oxygens (including phenoxy) is 1. The van der Waals surface area contributed by atoms with Crippen LogP contribution in [0.5, 0.6) is 5.75 Å². The average molecular weight is 445 g/mol. The normalized spacial score (nSPS) is 10.7. The van der Waals surface area contributed by atoms with E-state index in [9.17, 15) is 9.90 Å². The summed E-state index contributed by atoms with van der Waals surface area (Å²) in [5.74, 6) is 0.0232. The molecule has 3 rings (SSSR count). The van der Waals surface area contributed by atoms with Crippen molar-refractivity contribution in [2.24, 2.45) is 0 Å². The molecule has 0 aromatic heterocycles. The van der Waals surface area contributed by atoms with Crippen LogP contribution in [0.15, 0.2) is 84.9 Å². The highest BCUT2D eigenvalue weighted by Gasteiger charge is 2.47. The fourth-order valence-corrected chi connectivity index (χ4v) is 7.76. The summed E-state index contributed by atoms with van der Waals surface area (Å²) < 4.78 is 5.68. The predicted molar refractivity (Wildman–Crippen MR) is 109 cm³/mol. The van der Waals surface area contributed by atoms with Gasteiger partial charge in [-0.2, -0.15) is 0 Å². The van der Waals surface area contributed by atoms with E-state index >= 15 is 0 Å². The molecule has 0 saturated heterocycles. The summed E-state index contributed by atoms with van der Waals surface area (Å²) in [6.45, 7) is 0. The molecular weight excluding hydrogens is 423 g/mol. The first kappa shape index (κ1) is 21.1. The first-order valence-corrected chi connectivity index (χ1v) is 10.5. The van der Waals surface area contributed by atoms with Gasteiger partial charge in [0.15, 0.2) is 5.75 Å². The van der Waals surface area contributed by atoms with E-state index in [1.165, 1.54) is 0 Å². The SMILES string of the molecule is COc1ccccc1[P+](CCC(=O)O)(c1ccccc1)c1ccccc1.[Br-]. The standard InChI is InChI=1S/C22H21O3P.BrH/c1-25-20-14-8-9-15-21(20)26(17-16-22(23)24,18-10-4-2-5-11-18)19-12-6-3-7-13-19;/h2-15H,16-17H2,1H3;1H. The number of carboxylic acids is 1. The molecule has 0 aliphatic heterocycles. The molecule has 0 fully saturated rings. The van der Waals surface area contributed by atoms with Crippen molar-refractivity contribution in [2.75, 3.05) is 13.3 Å². The minimum absolute atomic E-state index is 0. The van der Waals surface area contributed by atoms with Gasteiger partial charge < -0.3 is 26.8 Å². The predicted octanol–water partition coefficient (Wildman–Crippen LogP) is 0.468. The zero-order valence-corrected chi connectivity index (χ0v) is 17.6. The van der Waals surface area contributed by atoms with E-state index in [0.717, 1.165) is 21.7 Å². The number of benzene rings is 3. The maximum absolute atomic E-state index is 11.5. The second kappa shape index (κ2) is 9.68. The lowest BCUT2D eigenvalue weighted by molar-refractivity contribution is -0.136. The van der Waals surface area contributed by atoms with Crippen molar-refractivity contribution in [3.8, 4) is 5.75 Å². The number of rotatable bonds is 7. The zero-order chi connectivity index (χ0) is 18.4. The molecule has 3 nitrogen and oxygen atoms in total. The molecule has 27 heavy (non-hydrogen) atoms. The molecule has 0 spiro atoms. The van der Waals surface area contributed by atoms with Gasteiger partial charge in [-0.25, -0.2) is 0 Å². The largest absolute Gasteiger partial charge is 1.00 e. The molecule has 0 aliphatic rings. The highest BCUT2D eigenvalue weighted by molar-refractivity contribution is 7.95. The van der Waals surface area contributed by atoms with Crippen molar-refractivity contribution in [3.05, 3.63) is 84.9 Å². The molecule has 0 radical (unpaired) electrons. The summed E-state index contributed by atoms with van der Waals surface area (Å²) in [5, 5.41) is 12.8. The number of carboxylic acid groups (broad SMARTS) is 1. The molecule has 3 aromatic carbocycles. The van der Waals surface area contributed by atoms with Gasteiger partial charge in [0.05, 0.1) is 19.7 Å². The summed E-state index contributed by atoms with van der Waals surface area (Å²) in [5.41, 5.74) is 0. The number of hydrogen-bond donors (Lipinski definition) is 1. The molecule has 0 heterocycles. The smallest absolute Gasteiger partial charge is 0.307 e. The van der Waals surface area contributed by atoms with Crippen LogP contribution in [0.4, 0.5) is 0 Å². The minimum atomic E-state index is -2.17. The Morgan fingerprint density at radius 1 is 0.852 bits per heavy atom. The molecule has 0 bridgehead atoms. The lowest BCUT2D eigenvalue weighted by atomic mass is 10.3. The summed E-state index contributed by atoms with van der Waals surface area (Å²) >= 11 is 0. The van der Waals surface area contributed by atoms with Gasteiger partial charge in [-0.3, -0.25) is 4.79 Å². The highest BCUT2D eigenvalue weighted by atomic mass is 79.9. The van der Waals surface area contributed by atoms with Crippen LogP contribution in [0, 0.1) is 0 Å². The summed E-state index contributed by atoms with van der Waals surface area (Å²) in [6.07, 6.45) is 0.659. The van der Waals surface area contributed by atoms with Gasteiger partial charge in [0, 0.05) is 0 Å². The first-order chi connectivity index (χ1) is 12.7. The minimum Gasteiger partial charge on any atom is -1.00 e. The van der Waals surface area contributed by atoms with Crippen LogP contribution in [-0.4, -0.2) is 24.3 Å². The van der Waals surface area contributed by atoms with Crippen molar-refractivity contribution in [3.63, 3.8) is 0 Å². The summed E-state index contributed by atoms with van der Waals surface area (Å²) in [7, 11) is -0.500. The Kier molecular flexibility index (Phi) is 7.58. The van der Waals surface area contributed by atoms with Gasteiger partial charge in [0.25, 0.3) is 0 Å². The van der Waals surface area contributed by atoms with E-state index in [2.05, 4.69) is 30.3 Å². The van der Waals surface area contributed by atoms with Crippen LogP contribution >= 0.6 is 7.26 Å². The Labute approximate surface area is 171 Å². The highest BCUT2D eigenvalue weighted by Crippen LogP contribution is 2.57. The van der Waals surface area contributed by atoms with Crippen molar-refractivity contribution in [2.45, 2.75) is 6.42 Å². The number of methoxy groups -OCH3 is 1. The number of para-hydroxylation sites is 1. The second-order valence-corrected chi connectivity index (χ2v) is 9.60. The number of aliphatic carboxylic acids is 1.